The molecule has 0 unspecified atom stereocenters. The van der Waals surface area contributed by atoms with Crippen molar-refractivity contribution in [1.82, 2.24) is 4.98 Å². The number of fused-ring (bicyclic) bond motifs is 1. The van der Waals surface area contributed by atoms with Gasteiger partial charge >= 0.3 is 0 Å². The average molecular weight is 299 g/mol. The maximum Gasteiger partial charge on any atom is 0.218 e. The molecule has 0 fully saturated rings. The number of para-hydroxylation sites is 1. The molecule has 8 heteroatoms. The van der Waals surface area contributed by atoms with Gasteiger partial charge in [-0.1, -0.05) is 12.1 Å². The van der Waals surface area contributed by atoms with Crippen molar-refractivity contribution in [3.8, 4) is 0 Å². The van der Waals surface area contributed by atoms with Gasteiger partial charge in [-0.25, -0.2) is 4.98 Å². The Hall–Kier alpha value is -1.86. The van der Waals surface area contributed by atoms with Crippen LogP contribution in [0.2, 0.25) is 0 Å². The third-order valence-corrected chi connectivity index (χ3v) is 3.28. The molecule has 6 nitrogen and oxygen atoms in total. The highest BCUT2D eigenvalue weighted by molar-refractivity contribution is 7.18. The zero-order valence-corrected chi connectivity index (χ0v) is 11.7. The van der Waals surface area contributed by atoms with Gasteiger partial charge in [0.25, 0.3) is 0 Å². The minimum Gasteiger partial charge on any atom is -0.370 e. The molecule has 19 heavy (non-hydrogen) atoms. The molecule has 1 aromatic heterocycles. The number of halogens is 1. The summed E-state index contributed by atoms with van der Waals surface area (Å²) in [7, 11) is 0. The molecule has 0 atom stereocenters. The number of guanidine groups is 2. The fourth-order valence-corrected chi connectivity index (χ4v) is 2.42. The van der Waals surface area contributed by atoms with E-state index in [0.29, 0.717) is 6.54 Å². The van der Waals surface area contributed by atoms with Crippen LogP contribution in [0.1, 0.15) is 5.01 Å². The van der Waals surface area contributed by atoms with Crippen molar-refractivity contribution in [2.45, 2.75) is 6.42 Å². The van der Waals surface area contributed by atoms with Crippen molar-refractivity contribution in [3.63, 3.8) is 0 Å². The van der Waals surface area contributed by atoms with Crippen LogP contribution in [-0.4, -0.2) is 23.4 Å². The van der Waals surface area contributed by atoms with Gasteiger partial charge in [-0.3, -0.25) is 4.99 Å². The van der Waals surface area contributed by atoms with Crippen LogP contribution in [0.5, 0.6) is 0 Å². The van der Waals surface area contributed by atoms with Gasteiger partial charge in [0.1, 0.15) is 0 Å². The zero-order valence-electron chi connectivity index (χ0n) is 10.1. The molecule has 1 aromatic carbocycles. The van der Waals surface area contributed by atoms with Crippen LogP contribution in [0.15, 0.2) is 34.3 Å². The average Bonchev–Trinajstić information content (AvgIpc) is 2.70. The summed E-state index contributed by atoms with van der Waals surface area (Å²) < 4.78 is 1.17. The lowest BCUT2D eigenvalue weighted by molar-refractivity contribution is 0.952. The molecule has 1 heterocycles. The predicted molar refractivity (Wildman–Crippen MR) is 82.9 cm³/mol. The van der Waals surface area contributed by atoms with Crippen LogP contribution in [0.25, 0.3) is 10.2 Å². The fourth-order valence-electron chi connectivity index (χ4n) is 1.46. The van der Waals surface area contributed by atoms with Gasteiger partial charge in [0, 0.05) is 13.0 Å². The van der Waals surface area contributed by atoms with Gasteiger partial charge in [-0.15, -0.1) is 23.7 Å². The van der Waals surface area contributed by atoms with Crippen molar-refractivity contribution in [1.29, 1.82) is 0 Å². The summed E-state index contributed by atoms with van der Waals surface area (Å²) in [6.45, 7) is 0.516. The van der Waals surface area contributed by atoms with Gasteiger partial charge in [-0.05, 0) is 12.1 Å². The predicted octanol–water partition coefficient (Wildman–Crippen LogP) is 0.849. The fraction of sp³-hybridized carbons (Fsp3) is 0.182. The molecule has 0 aliphatic rings. The smallest absolute Gasteiger partial charge is 0.218 e. The van der Waals surface area contributed by atoms with Crippen LogP contribution >= 0.6 is 23.7 Å². The first kappa shape index (κ1) is 15.2. The highest BCUT2D eigenvalue weighted by Crippen LogP contribution is 2.21. The number of aromatic nitrogens is 1. The van der Waals surface area contributed by atoms with Crippen molar-refractivity contribution in [2.75, 3.05) is 6.54 Å². The molecule has 0 spiro atoms. The van der Waals surface area contributed by atoms with Gasteiger partial charge < -0.3 is 17.2 Å². The Kier molecular flexibility index (Phi) is 5.53. The van der Waals surface area contributed by atoms with E-state index in [4.69, 9.17) is 17.2 Å². The second-order valence-corrected chi connectivity index (χ2v) is 4.72. The van der Waals surface area contributed by atoms with Gasteiger partial charge in [0.2, 0.25) is 5.96 Å². The monoisotopic (exact) mass is 298 g/mol. The molecule has 0 radical (unpaired) electrons. The van der Waals surface area contributed by atoms with Gasteiger partial charge in [0.15, 0.2) is 5.96 Å². The minimum absolute atomic E-state index is 0. The molecule has 0 amide bonds. The molecular weight excluding hydrogens is 284 g/mol. The lowest BCUT2D eigenvalue weighted by Crippen LogP contribution is -2.26. The van der Waals surface area contributed by atoms with E-state index in [1.807, 2.05) is 24.3 Å². The molecular formula is C11H15ClN6S. The molecule has 2 rings (SSSR count). The Morgan fingerprint density at radius 2 is 1.95 bits per heavy atom. The minimum atomic E-state index is -0.0868. The van der Waals surface area contributed by atoms with Crippen LogP contribution in [0.3, 0.4) is 0 Å². The van der Waals surface area contributed by atoms with Crippen LogP contribution in [-0.2, 0) is 6.42 Å². The summed E-state index contributed by atoms with van der Waals surface area (Å²) in [5.41, 5.74) is 16.9. The molecule has 6 N–H and O–H groups in total. The highest BCUT2D eigenvalue weighted by Gasteiger charge is 2.02. The first-order valence-corrected chi connectivity index (χ1v) is 6.21. The number of thiazole rings is 1. The van der Waals surface area contributed by atoms with E-state index >= 15 is 0 Å². The van der Waals surface area contributed by atoms with Crippen LogP contribution < -0.4 is 17.2 Å². The summed E-state index contributed by atoms with van der Waals surface area (Å²) in [5, 5.41) is 1.03. The van der Waals surface area contributed by atoms with Crippen molar-refractivity contribution in [3.05, 3.63) is 29.3 Å². The number of nitrogens with zero attached hydrogens (tertiary/aromatic N) is 3. The number of benzene rings is 1. The maximum atomic E-state index is 5.50. The Labute approximate surface area is 120 Å². The second kappa shape index (κ2) is 6.91. The normalized spacial score (nSPS) is 11.1. The Bertz CT molecular complexity index is 569. The third kappa shape index (κ3) is 4.38. The Balaban J connectivity index is 0.00000180. The topological polar surface area (TPSA) is 116 Å². The molecule has 0 saturated carbocycles. The van der Waals surface area contributed by atoms with E-state index in [0.717, 1.165) is 16.9 Å². The standard InChI is InChI=1S/C11H14N6S.ClH/c12-10(13)17-11(14)15-6-5-9-16-7-3-1-2-4-8(7)18-9;/h1-4H,5-6H2,(H6,12,13,14,15,17);1H. The Morgan fingerprint density at radius 1 is 1.21 bits per heavy atom. The van der Waals surface area contributed by atoms with Crippen molar-refractivity contribution < 1.29 is 0 Å². The molecule has 0 saturated heterocycles. The van der Waals surface area contributed by atoms with E-state index in [1.165, 1.54) is 4.70 Å². The maximum absolute atomic E-state index is 5.50. The van der Waals surface area contributed by atoms with E-state index in [9.17, 15) is 0 Å². The highest BCUT2D eigenvalue weighted by atomic mass is 35.5. The molecule has 2 aromatic rings. The number of hydrogen-bond donors (Lipinski definition) is 3. The Morgan fingerprint density at radius 3 is 2.63 bits per heavy atom. The molecule has 0 aliphatic heterocycles. The SMILES string of the molecule is Cl.NC(N)=NC(N)=NCCc1nc2ccccc2s1. The van der Waals surface area contributed by atoms with Crippen LogP contribution in [0.4, 0.5) is 0 Å². The van der Waals surface area contributed by atoms with Crippen molar-refractivity contribution >= 4 is 45.9 Å². The van der Waals surface area contributed by atoms with E-state index < -0.39 is 0 Å². The first-order valence-electron chi connectivity index (χ1n) is 5.39. The largest absolute Gasteiger partial charge is 0.370 e. The van der Waals surface area contributed by atoms with Crippen molar-refractivity contribution in [2.24, 2.45) is 27.2 Å². The lowest BCUT2D eigenvalue weighted by Gasteiger charge is -1.94. The lowest BCUT2D eigenvalue weighted by atomic mass is 10.3. The number of nitrogens with two attached hydrogens (primary N) is 3. The van der Waals surface area contributed by atoms with Crippen LogP contribution in [0, 0.1) is 0 Å². The van der Waals surface area contributed by atoms with E-state index in [2.05, 4.69) is 15.0 Å². The second-order valence-electron chi connectivity index (χ2n) is 3.60. The number of aliphatic imine (C=N–C) groups is 2. The molecule has 0 bridgehead atoms. The van der Waals surface area contributed by atoms with E-state index in [-0.39, 0.29) is 24.3 Å². The summed E-state index contributed by atoms with van der Waals surface area (Å²) in [5.74, 6) is 0.00680. The summed E-state index contributed by atoms with van der Waals surface area (Å²) in [4.78, 5) is 12.2. The molecule has 102 valence electrons. The van der Waals surface area contributed by atoms with E-state index in [1.54, 1.807) is 11.3 Å². The molecule has 0 aliphatic carbocycles. The quantitative estimate of drug-likeness (QED) is 0.575. The number of rotatable bonds is 3. The van der Waals surface area contributed by atoms with Gasteiger partial charge in [0.05, 0.1) is 15.2 Å². The summed E-state index contributed by atoms with van der Waals surface area (Å²) in [6, 6.07) is 8.01. The third-order valence-electron chi connectivity index (χ3n) is 2.18. The van der Waals surface area contributed by atoms with Gasteiger partial charge in [-0.2, -0.15) is 4.99 Å². The zero-order chi connectivity index (χ0) is 13.0. The first-order chi connectivity index (χ1) is 8.65. The summed E-state index contributed by atoms with van der Waals surface area (Å²) in [6.07, 6.45) is 0.722. The number of hydrogen-bond acceptors (Lipinski definition) is 3. The summed E-state index contributed by atoms with van der Waals surface area (Å²) >= 11 is 1.66.